The van der Waals surface area contributed by atoms with Gasteiger partial charge in [-0.1, -0.05) is 0 Å². The fourth-order valence-corrected chi connectivity index (χ4v) is 0.510. The van der Waals surface area contributed by atoms with Crippen LogP contribution in [0.1, 0.15) is 12.8 Å². The summed E-state index contributed by atoms with van der Waals surface area (Å²) in [4.78, 5) is 10.5. The molecule has 0 atom stereocenters. The first-order chi connectivity index (χ1) is 4.81. The Kier molecular flexibility index (Phi) is 5.82. The maximum atomic E-state index is 11.5. The summed E-state index contributed by atoms with van der Waals surface area (Å²) in [6.07, 6.45) is 1.22. The van der Waals surface area contributed by atoms with Gasteiger partial charge in [0.05, 0.1) is 6.67 Å². The summed E-state index contributed by atoms with van der Waals surface area (Å²) in [5, 5.41) is 4.95. The van der Waals surface area contributed by atoms with Crippen molar-refractivity contribution in [3.8, 4) is 0 Å². The lowest BCUT2D eigenvalue weighted by molar-refractivity contribution is 0.242. The Balaban J connectivity index is 2.96. The van der Waals surface area contributed by atoms with Crippen molar-refractivity contribution in [2.24, 2.45) is 0 Å². The number of halogens is 1. The van der Waals surface area contributed by atoms with Gasteiger partial charge in [0, 0.05) is 13.6 Å². The average molecular weight is 148 g/mol. The van der Waals surface area contributed by atoms with Crippen molar-refractivity contribution < 1.29 is 9.18 Å². The molecule has 0 aromatic rings. The van der Waals surface area contributed by atoms with E-state index in [0.29, 0.717) is 19.4 Å². The molecular formula is C6H13FN2O. The van der Waals surface area contributed by atoms with Crippen molar-refractivity contribution >= 4 is 6.03 Å². The van der Waals surface area contributed by atoms with Crippen LogP contribution in [-0.2, 0) is 0 Å². The Hall–Kier alpha value is -0.800. The summed E-state index contributed by atoms with van der Waals surface area (Å²) in [5.74, 6) is 0. The predicted octanol–water partition coefficient (Wildman–Crippen LogP) is 0.665. The van der Waals surface area contributed by atoms with Gasteiger partial charge >= 0.3 is 6.03 Å². The SMILES string of the molecule is CNC(=O)NCCCCF. The van der Waals surface area contributed by atoms with Crippen LogP contribution in [0.15, 0.2) is 0 Å². The van der Waals surface area contributed by atoms with Crippen LogP contribution in [0.2, 0.25) is 0 Å². The fraction of sp³-hybridized carbons (Fsp3) is 0.833. The smallest absolute Gasteiger partial charge is 0.314 e. The first kappa shape index (κ1) is 9.20. The van der Waals surface area contributed by atoms with Crippen LogP contribution in [0.5, 0.6) is 0 Å². The highest BCUT2D eigenvalue weighted by molar-refractivity contribution is 5.73. The molecule has 0 aliphatic rings. The second-order valence-corrected chi connectivity index (χ2v) is 1.90. The lowest BCUT2D eigenvalue weighted by atomic mass is 10.3. The van der Waals surface area contributed by atoms with E-state index in [1.807, 2.05) is 0 Å². The molecule has 0 aromatic carbocycles. The number of hydrogen-bond acceptors (Lipinski definition) is 1. The van der Waals surface area contributed by atoms with Gasteiger partial charge in [-0.25, -0.2) is 4.79 Å². The fourth-order valence-electron chi connectivity index (χ4n) is 0.510. The lowest BCUT2D eigenvalue weighted by Crippen LogP contribution is -2.33. The van der Waals surface area contributed by atoms with Gasteiger partial charge in [0.1, 0.15) is 0 Å². The summed E-state index contributed by atoms with van der Waals surface area (Å²) in [6, 6.07) is -0.209. The molecule has 0 rings (SSSR count). The molecule has 0 radical (unpaired) electrons. The molecule has 0 aliphatic heterocycles. The van der Waals surface area contributed by atoms with E-state index >= 15 is 0 Å². The topological polar surface area (TPSA) is 41.1 Å². The van der Waals surface area contributed by atoms with Gasteiger partial charge in [-0.15, -0.1) is 0 Å². The standard InChI is InChI=1S/C6H13FN2O/c1-8-6(10)9-5-3-2-4-7/h2-5H2,1H3,(H2,8,9,10). The van der Waals surface area contributed by atoms with Gasteiger partial charge in [0.15, 0.2) is 0 Å². The van der Waals surface area contributed by atoms with Crippen molar-refractivity contribution in [3.05, 3.63) is 0 Å². The molecule has 0 bridgehead atoms. The molecule has 0 saturated heterocycles. The molecule has 0 unspecified atom stereocenters. The number of unbranched alkanes of at least 4 members (excludes halogenated alkanes) is 1. The molecule has 3 nitrogen and oxygen atoms in total. The summed E-state index contributed by atoms with van der Waals surface area (Å²) in [5.41, 5.74) is 0. The maximum absolute atomic E-state index is 11.5. The van der Waals surface area contributed by atoms with Gasteiger partial charge in [0.2, 0.25) is 0 Å². The lowest BCUT2D eigenvalue weighted by Gasteiger charge is -2.01. The molecule has 0 spiro atoms. The largest absolute Gasteiger partial charge is 0.341 e. The monoisotopic (exact) mass is 148 g/mol. The quantitative estimate of drug-likeness (QED) is 0.565. The van der Waals surface area contributed by atoms with Gasteiger partial charge in [-0.3, -0.25) is 4.39 Å². The molecule has 2 amide bonds. The minimum Gasteiger partial charge on any atom is -0.341 e. The second kappa shape index (κ2) is 6.32. The number of urea groups is 1. The Morgan fingerprint density at radius 2 is 2.20 bits per heavy atom. The van der Waals surface area contributed by atoms with Crippen molar-refractivity contribution in [2.75, 3.05) is 20.3 Å². The van der Waals surface area contributed by atoms with E-state index in [1.54, 1.807) is 7.05 Å². The van der Waals surface area contributed by atoms with E-state index in [-0.39, 0.29) is 12.7 Å². The van der Waals surface area contributed by atoms with Crippen LogP contribution < -0.4 is 10.6 Å². The van der Waals surface area contributed by atoms with Crippen LogP contribution in [0, 0.1) is 0 Å². The summed E-state index contributed by atoms with van der Waals surface area (Å²) < 4.78 is 11.5. The number of alkyl halides is 1. The molecule has 2 N–H and O–H groups in total. The molecule has 0 saturated carbocycles. The Morgan fingerprint density at radius 3 is 2.70 bits per heavy atom. The van der Waals surface area contributed by atoms with Gasteiger partial charge in [-0.05, 0) is 12.8 Å². The second-order valence-electron chi connectivity index (χ2n) is 1.90. The van der Waals surface area contributed by atoms with Crippen molar-refractivity contribution in [1.29, 1.82) is 0 Å². The third-order valence-electron chi connectivity index (χ3n) is 1.07. The van der Waals surface area contributed by atoms with E-state index < -0.39 is 0 Å². The van der Waals surface area contributed by atoms with Crippen molar-refractivity contribution in [3.63, 3.8) is 0 Å². The summed E-state index contributed by atoms with van der Waals surface area (Å²) in [7, 11) is 1.55. The minimum absolute atomic E-state index is 0.209. The maximum Gasteiger partial charge on any atom is 0.314 e. The molecule has 4 heteroatoms. The molecule has 0 aliphatic carbocycles. The summed E-state index contributed by atoms with van der Waals surface area (Å²) in [6.45, 7) is 0.235. The van der Waals surface area contributed by atoms with E-state index in [2.05, 4.69) is 10.6 Å². The number of rotatable bonds is 4. The number of nitrogens with one attached hydrogen (secondary N) is 2. The third kappa shape index (κ3) is 5.34. The van der Waals surface area contributed by atoms with Crippen LogP contribution in [0.4, 0.5) is 9.18 Å². The molecule has 0 fully saturated rings. The highest BCUT2D eigenvalue weighted by Gasteiger charge is 1.92. The Labute approximate surface area is 60.0 Å². The van der Waals surface area contributed by atoms with Crippen molar-refractivity contribution in [2.45, 2.75) is 12.8 Å². The van der Waals surface area contributed by atoms with Crippen molar-refractivity contribution in [1.82, 2.24) is 10.6 Å². The zero-order chi connectivity index (χ0) is 7.82. The predicted molar refractivity (Wildman–Crippen MR) is 37.7 cm³/mol. The first-order valence-electron chi connectivity index (χ1n) is 3.32. The number of amides is 2. The minimum atomic E-state index is -0.310. The van der Waals surface area contributed by atoms with Gasteiger partial charge in [0.25, 0.3) is 0 Å². The molecule has 0 heterocycles. The normalized spacial score (nSPS) is 9.00. The van der Waals surface area contributed by atoms with Crippen LogP contribution in [0.3, 0.4) is 0 Å². The zero-order valence-electron chi connectivity index (χ0n) is 6.11. The van der Waals surface area contributed by atoms with E-state index in [9.17, 15) is 9.18 Å². The van der Waals surface area contributed by atoms with Crippen LogP contribution in [0.25, 0.3) is 0 Å². The Morgan fingerprint density at radius 1 is 1.50 bits per heavy atom. The number of carbonyl (C=O) groups excluding carboxylic acids is 1. The highest BCUT2D eigenvalue weighted by Crippen LogP contribution is 1.85. The molecule has 10 heavy (non-hydrogen) atoms. The first-order valence-corrected chi connectivity index (χ1v) is 3.32. The average Bonchev–Trinajstić information content (AvgIpc) is 1.98. The van der Waals surface area contributed by atoms with Gasteiger partial charge in [-0.2, -0.15) is 0 Å². The number of carbonyl (C=O) groups is 1. The van der Waals surface area contributed by atoms with E-state index in [0.717, 1.165) is 0 Å². The van der Waals surface area contributed by atoms with E-state index in [1.165, 1.54) is 0 Å². The number of hydrogen-bond donors (Lipinski definition) is 2. The Bertz CT molecular complexity index is 97.7. The van der Waals surface area contributed by atoms with E-state index in [4.69, 9.17) is 0 Å². The van der Waals surface area contributed by atoms with Crippen LogP contribution >= 0.6 is 0 Å². The molecule has 60 valence electrons. The highest BCUT2D eigenvalue weighted by atomic mass is 19.1. The third-order valence-corrected chi connectivity index (χ3v) is 1.07. The van der Waals surface area contributed by atoms with Crippen LogP contribution in [-0.4, -0.2) is 26.3 Å². The summed E-state index contributed by atoms with van der Waals surface area (Å²) >= 11 is 0. The van der Waals surface area contributed by atoms with Gasteiger partial charge < -0.3 is 10.6 Å². The molecule has 0 aromatic heterocycles. The molecular weight excluding hydrogens is 135 g/mol. The zero-order valence-corrected chi connectivity index (χ0v) is 6.11.